The lowest BCUT2D eigenvalue weighted by atomic mass is 10.1. The van der Waals surface area contributed by atoms with Crippen LogP contribution < -0.4 is 4.74 Å². The fraction of sp³-hybridized carbons (Fsp3) is 0.231. The van der Waals surface area contributed by atoms with Gasteiger partial charge < -0.3 is 4.74 Å². The summed E-state index contributed by atoms with van der Waals surface area (Å²) < 4.78 is 5.76. The lowest BCUT2D eigenvalue weighted by molar-refractivity contribution is 0.243. The summed E-state index contributed by atoms with van der Waals surface area (Å²) in [5, 5.41) is 3.09. The van der Waals surface area contributed by atoms with Crippen LogP contribution in [0.1, 0.15) is 13.8 Å². The summed E-state index contributed by atoms with van der Waals surface area (Å²) in [7, 11) is 0. The highest BCUT2D eigenvalue weighted by molar-refractivity contribution is 7.13. The van der Waals surface area contributed by atoms with Gasteiger partial charge in [-0.2, -0.15) is 0 Å². The molecule has 1 heterocycles. The van der Waals surface area contributed by atoms with Crippen molar-refractivity contribution >= 4 is 11.3 Å². The molecule has 1 nitrogen and oxygen atoms in total. The number of thiophene rings is 1. The Morgan fingerprint density at radius 1 is 1.20 bits per heavy atom. The quantitative estimate of drug-likeness (QED) is 0.755. The van der Waals surface area contributed by atoms with Crippen molar-refractivity contribution < 1.29 is 4.74 Å². The fourth-order valence-electron chi connectivity index (χ4n) is 1.41. The second-order valence-corrected chi connectivity index (χ2v) is 4.46. The van der Waals surface area contributed by atoms with Gasteiger partial charge in [0.15, 0.2) is 0 Å². The summed E-state index contributed by atoms with van der Waals surface area (Å²) >= 11 is 1.61. The first kappa shape index (κ1) is 10.2. The molecular weight excluding hydrogens is 204 g/mol. The van der Waals surface area contributed by atoms with Crippen molar-refractivity contribution in [3.63, 3.8) is 0 Å². The van der Waals surface area contributed by atoms with Crippen LogP contribution in [0.15, 0.2) is 36.4 Å². The molecule has 77 valence electrons. The third kappa shape index (κ3) is 2.39. The summed E-state index contributed by atoms with van der Waals surface area (Å²) in [5.74, 6) is 0.948. The minimum atomic E-state index is 0.204. The standard InChI is InChI=1S/C13H13OS/c1-10(2)14-12-7-4-3-6-11(12)13-8-5-9-15-13/h3-8,10H,1-2H3. The van der Waals surface area contributed by atoms with E-state index in [2.05, 4.69) is 17.5 Å². The topological polar surface area (TPSA) is 9.23 Å². The van der Waals surface area contributed by atoms with Crippen molar-refractivity contribution in [3.8, 4) is 16.2 Å². The molecule has 0 aliphatic rings. The van der Waals surface area contributed by atoms with Crippen molar-refractivity contribution in [2.24, 2.45) is 0 Å². The lowest BCUT2D eigenvalue weighted by Crippen LogP contribution is -2.06. The highest BCUT2D eigenvalue weighted by atomic mass is 32.1. The van der Waals surface area contributed by atoms with Gasteiger partial charge in [-0.25, -0.2) is 0 Å². The maximum atomic E-state index is 5.76. The molecule has 0 saturated heterocycles. The van der Waals surface area contributed by atoms with Gasteiger partial charge in [-0.05, 0) is 38.1 Å². The molecule has 0 saturated carbocycles. The van der Waals surface area contributed by atoms with Crippen LogP contribution in [0.2, 0.25) is 0 Å². The van der Waals surface area contributed by atoms with Gasteiger partial charge in [0.2, 0.25) is 0 Å². The molecular formula is C13H13OS. The second-order valence-electron chi connectivity index (χ2n) is 3.58. The van der Waals surface area contributed by atoms with Gasteiger partial charge in [0, 0.05) is 15.8 Å². The van der Waals surface area contributed by atoms with E-state index in [-0.39, 0.29) is 6.10 Å². The zero-order chi connectivity index (χ0) is 10.7. The number of benzene rings is 1. The Balaban J connectivity index is 2.38. The zero-order valence-corrected chi connectivity index (χ0v) is 9.67. The lowest BCUT2D eigenvalue weighted by Gasteiger charge is -2.12. The van der Waals surface area contributed by atoms with Gasteiger partial charge in [-0.1, -0.05) is 12.1 Å². The summed E-state index contributed by atoms with van der Waals surface area (Å²) in [6.45, 7) is 4.08. The van der Waals surface area contributed by atoms with Gasteiger partial charge in [-0.15, -0.1) is 11.3 Å². The van der Waals surface area contributed by atoms with Gasteiger partial charge in [0.1, 0.15) is 5.75 Å². The SMILES string of the molecule is CC(C)Oc1ccccc1-c1cc[c]s1. The van der Waals surface area contributed by atoms with Gasteiger partial charge in [0.25, 0.3) is 0 Å². The molecule has 2 heteroatoms. The van der Waals surface area contributed by atoms with Crippen LogP contribution in [-0.2, 0) is 0 Å². The highest BCUT2D eigenvalue weighted by Gasteiger charge is 2.07. The Labute approximate surface area is 94.3 Å². The molecule has 1 aromatic carbocycles. The van der Waals surface area contributed by atoms with E-state index in [0.29, 0.717) is 0 Å². The van der Waals surface area contributed by atoms with Crippen molar-refractivity contribution in [2.75, 3.05) is 0 Å². The summed E-state index contributed by atoms with van der Waals surface area (Å²) in [6.07, 6.45) is 0.204. The summed E-state index contributed by atoms with van der Waals surface area (Å²) in [6, 6.07) is 12.1. The molecule has 0 unspecified atom stereocenters. The van der Waals surface area contributed by atoms with Crippen LogP contribution in [0.3, 0.4) is 0 Å². The Bertz CT molecular complexity index is 418. The largest absolute Gasteiger partial charge is 0.490 e. The van der Waals surface area contributed by atoms with E-state index < -0.39 is 0 Å². The third-order valence-corrected chi connectivity index (χ3v) is 2.82. The zero-order valence-electron chi connectivity index (χ0n) is 8.86. The number of hydrogen-bond donors (Lipinski definition) is 0. The van der Waals surface area contributed by atoms with E-state index in [9.17, 15) is 0 Å². The minimum absolute atomic E-state index is 0.204. The Morgan fingerprint density at radius 2 is 2.00 bits per heavy atom. The molecule has 1 aromatic heterocycles. The highest BCUT2D eigenvalue weighted by Crippen LogP contribution is 2.33. The predicted molar refractivity (Wildman–Crippen MR) is 64.4 cm³/mol. The fourth-order valence-corrected chi connectivity index (χ4v) is 2.09. The molecule has 0 spiro atoms. The molecule has 0 atom stereocenters. The van der Waals surface area contributed by atoms with Crippen molar-refractivity contribution in [1.29, 1.82) is 0 Å². The average molecular weight is 217 g/mol. The number of ether oxygens (including phenoxy) is 1. The summed E-state index contributed by atoms with van der Waals surface area (Å²) in [4.78, 5) is 1.20. The first-order chi connectivity index (χ1) is 7.27. The molecule has 0 aliphatic heterocycles. The Hall–Kier alpha value is -1.28. The molecule has 0 N–H and O–H groups in total. The van der Waals surface area contributed by atoms with Crippen LogP contribution in [0.5, 0.6) is 5.75 Å². The Morgan fingerprint density at radius 3 is 2.67 bits per heavy atom. The molecule has 2 rings (SSSR count). The number of hydrogen-bond acceptors (Lipinski definition) is 2. The summed E-state index contributed by atoms with van der Waals surface area (Å²) in [5.41, 5.74) is 1.15. The van der Waals surface area contributed by atoms with Crippen LogP contribution in [0.25, 0.3) is 10.4 Å². The average Bonchev–Trinajstić information content (AvgIpc) is 2.70. The van der Waals surface area contributed by atoms with Crippen molar-refractivity contribution in [3.05, 3.63) is 41.8 Å². The normalized spacial score (nSPS) is 10.6. The maximum Gasteiger partial charge on any atom is 0.128 e. The van der Waals surface area contributed by atoms with E-state index in [1.54, 1.807) is 11.3 Å². The molecule has 15 heavy (non-hydrogen) atoms. The first-order valence-electron chi connectivity index (χ1n) is 4.99. The van der Waals surface area contributed by atoms with E-state index in [1.807, 2.05) is 38.1 Å². The van der Waals surface area contributed by atoms with E-state index >= 15 is 0 Å². The van der Waals surface area contributed by atoms with Crippen LogP contribution in [-0.4, -0.2) is 6.10 Å². The van der Waals surface area contributed by atoms with Crippen LogP contribution in [0.4, 0.5) is 0 Å². The maximum absolute atomic E-state index is 5.76. The number of para-hydroxylation sites is 1. The molecule has 2 aromatic rings. The number of rotatable bonds is 3. The molecule has 0 bridgehead atoms. The van der Waals surface area contributed by atoms with Gasteiger partial charge in [0.05, 0.1) is 6.10 Å². The van der Waals surface area contributed by atoms with Gasteiger partial charge >= 0.3 is 0 Å². The van der Waals surface area contributed by atoms with Gasteiger partial charge in [-0.3, -0.25) is 0 Å². The van der Waals surface area contributed by atoms with Crippen LogP contribution in [0, 0.1) is 5.38 Å². The predicted octanol–water partition coefficient (Wildman–Crippen LogP) is 4.00. The van der Waals surface area contributed by atoms with E-state index in [0.717, 1.165) is 11.3 Å². The van der Waals surface area contributed by atoms with E-state index in [1.165, 1.54) is 4.88 Å². The second kappa shape index (κ2) is 4.49. The third-order valence-electron chi connectivity index (χ3n) is 1.99. The Kier molecular flexibility index (Phi) is 3.07. The minimum Gasteiger partial charge on any atom is -0.490 e. The smallest absolute Gasteiger partial charge is 0.128 e. The molecule has 0 aliphatic carbocycles. The van der Waals surface area contributed by atoms with Crippen molar-refractivity contribution in [2.45, 2.75) is 20.0 Å². The first-order valence-corrected chi connectivity index (χ1v) is 5.81. The monoisotopic (exact) mass is 217 g/mol. The molecule has 0 amide bonds. The van der Waals surface area contributed by atoms with Crippen LogP contribution >= 0.6 is 11.3 Å². The van der Waals surface area contributed by atoms with Crippen molar-refractivity contribution in [1.82, 2.24) is 0 Å². The molecule has 1 radical (unpaired) electrons. The van der Waals surface area contributed by atoms with E-state index in [4.69, 9.17) is 4.74 Å². The molecule has 0 fully saturated rings.